The van der Waals surface area contributed by atoms with Crippen molar-refractivity contribution >= 4 is 17.7 Å². The molecule has 0 saturated heterocycles. The molecule has 0 spiro atoms. The van der Waals surface area contributed by atoms with Crippen LogP contribution in [0.25, 0.3) is 0 Å². The van der Waals surface area contributed by atoms with Crippen molar-refractivity contribution in [2.45, 2.75) is 29.6 Å². The summed E-state index contributed by atoms with van der Waals surface area (Å²) in [7, 11) is 0. The number of phenolic OH excluding ortho intramolecular Hbond substituents is 1. The van der Waals surface area contributed by atoms with Gasteiger partial charge in [-0.2, -0.15) is 0 Å². The first-order chi connectivity index (χ1) is 7.60. The van der Waals surface area contributed by atoms with Crippen LogP contribution in [0.2, 0.25) is 0 Å². The molecule has 1 saturated carbocycles. The molecule has 86 valence electrons. The Morgan fingerprint density at radius 1 is 1.44 bits per heavy atom. The molecule has 0 amide bonds. The molecule has 0 aromatic heterocycles. The number of phenols is 1. The average molecular weight is 238 g/mol. The third-order valence-corrected chi connectivity index (χ3v) is 4.13. The molecule has 16 heavy (non-hydrogen) atoms. The summed E-state index contributed by atoms with van der Waals surface area (Å²) < 4.78 is 0. The van der Waals surface area contributed by atoms with E-state index in [1.807, 2.05) is 12.3 Å². The molecule has 0 atom stereocenters. The molecule has 1 fully saturated rings. The minimum Gasteiger partial charge on any atom is -0.507 e. The van der Waals surface area contributed by atoms with Crippen molar-refractivity contribution in [3.8, 4) is 5.75 Å². The Morgan fingerprint density at radius 3 is 2.50 bits per heavy atom. The molecule has 0 aliphatic heterocycles. The van der Waals surface area contributed by atoms with Crippen molar-refractivity contribution in [1.82, 2.24) is 0 Å². The van der Waals surface area contributed by atoms with Crippen LogP contribution in [0.4, 0.5) is 0 Å². The number of carboxylic acids is 1. The number of aromatic hydroxyl groups is 1. The highest BCUT2D eigenvalue weighted by Gasteiger charge is 2.46. The first-order valence-corrected chi connectivity index (χ1v) is 6.43. The summed E-state index contributed by atoms with van der Waals surface area (Å²) in [6, 6.07) is 5.20. The molecular formula is C12H14O3S. The van der Waals surface area contributed by atoms with Crippen LogP contribution in [0.3, 0.4) is 0 Å². The summed E-state index contributed by atoms with van der Waals surface area (Å²) in [6.07, 6.45) is 4.16. The Morgan fingerprint density at radius 2 is 2.12 bits per heavy atom. The summed E-state index contributed by atoms with van der Waals surface area (Å²) in [4.78, 5) is 12.1. The van der Waals surface area contributed by atoms with E-state index in [-0.39, 0.29) is 5.75 Å². The zero-order valence-electron chi connectivity index (χ0n) is 9.06. The zero-order valence-corrected chi connectivity index (χ0v) is 9.88. The number of hydrogen-bond donors (Lipinski definition) is 2. The predicted molar refractivity (Wildman–Crippen MR) is 63.1 cm³/mol. The standard InChI is InChI=1S/C12H14O3S/c1-16-10-4-3-8(7-9(10)13)12(11(14)15)5-2-6-12/h3-4,7,13H,2,5-6H2,1H3,(H,14,15). The topological polar surface area (TPSA) is 57.5 Å². The Labute approximate surface area is 98.5 Å². The number of carboxylic acid groups (broad SMARTS) is 1. The lowest BCUT2D eigenvalue weighted by Gasteiger charge is -2.38. The third-order valence-electron chi connectivity index (χ3n) is 3.35. The van der Waals surface area contributed by atoms with Gasteiger partial charge in [-0.1, -0.05) is 12.5 Å². The predicted octanol–water partition coefficient (Wildman–Crippen LogP) is 2.62. The molecule has 0 heterocycles. The summed E-state index contributed by atoms with van der Waals surface area (Å²) in [5.41, 5.74) is -0.0319. The Kier molecular flexibility index (Phi) is 2.84. The van der Waals surface area contributed by atoms with E-state index in [4.69, 9.17) is 0 Å². The van der Waals surface area contributed by atoms with Gasteiger partial charge in [0.15, 0.2) is 0 Å². The van der Waals surface area contributed by atoms with Crippen LogP contribution in [0, 0.1) is 0 Å². The van der Waals surface area contributed by atoms with Crippen LogP contribution >= 0.6 is 11.8 Å². The average Bonchev–Trinajstić information content (AvgIpc) is 2.15. The number of aliphatic carboxylic acids is 1. The van der Waals surface area contributed by atoms with Crippen molar-refractivity contribution in [1.29, 1.82) is 0 Å². The molecule has 1 aliphatic rings. The first kappa shape index (κ1) is 11.3. The van der Waals surface area contributed by atoms with Gasteiger partial charge >= 0.3 is 5.97 Å². The van der Waals surface area contributed by atoms with Gasteiger partial charge in [0.1, 0.15) is 5.75 Å². The zero-order chi connectivity index (χ0) is 11.8. The lowest BCUT2D eigenvalue weighted by atomic mass is 9.64. The van der Waals surface area contributed by atoms with Crippen LogP contribution in [0.15, 0.2) is 23.1 Å². The maximum Gasteiger partial charge on any atom is 0.314 e. The van der Waals surface area contributed by atoms with E-state index >= 15 is 0 Å². The quantitative estimate of drug-likeness (QED) is 0.795. The second kappa shape index (κ2) is 4.01. The fourth-order valence-electron chi connectivity index (χ4n) is 2.14. The number of hydrogen-bond acceptors (Lipinski definition) is 3. The van der Waals surface area contributed by atoms with Gasteiger partial charge in [0, 0.05) is 4.90 Å². The lowest BCUT2D eigenvalue weighted by molar-refractivity contribution is -0.147. The fourth-order valence-corrected chi connectivity index (χ4v) is 2.62. The highest BCUT2D eigenvalue weighted by molar-refractivity contribution is 7.98. The van der Waals surface area contributed by atoms with Gasteiger partial charge in [-0.05, 0) is 36.8 Å². The Balaban J connectivity index is 2.40. The van der Waals surface area contributed by atoms with Gasteiger partial charge in [0.05, 0.1) is 5.41 Å². The molecule has 0 unspecified atom stereocenters. The number of thioether (sulfide) groups is 1. The van der Waals surface area contributed by atoms with E-state index in [0.29, 0.717) is 12.8 Å². The summed E-state index contributed by atoms with van der Waals surface area (Å²) in [5.74, 6) is -0.604. The van der Waals surface area contributed by atoms with Gasteiger partial charge in [0.25, 0.3) is 0 Å². The lowest BCUT2D eigenvalue weighted by Crippen LogP contribution is -2.42. The van der Waals surface area contributed by atoms with Gasteiger partial charge in [0.2, 0.25) is 0 Å². The highest BCUT2D eigenvalue weighted by atomic mass is 32.2. The summed E-state index contributed by atoms with van der Waals surface area (Å²) in [6.45, 7) is 0. The van der Waals surface area contributed by atoms with Gasteiger partial charge < -0.3 is 10.2 Å². The van der Waals surface area contributed by atoms with Crippen molar-refractivity contribution in [3.05, 3.63) is 23.8 Å². The van der Waals surface area contributed by atoms with Gasteiger partial charge in [-0.25, -0.2) is 0 Å². The number of benzene rings is 1. The summed E-state index contributed by atoms with van der Waals surface area (Å²) in [5, 5.41) is 19.0. The molecular weight excluding hydrogens is 224 g/mol. The smallest absolute Gasteiger partial charge is 0.314 e. The van der Waals surface area contributed by atoms with Crippen LogP contribution in [-0.2, 0) is 10.2 Å². The van der Waals surface area contributed by atoms with E-state index in [9.17, 15) is 15.0 Å². The van der Waals surface area contributed by atoms with E-state index in [2.05, 4.69) is 0 Å². The van der Waals surface area contributed by atoms with Crippen LogP contribution in [0.1, 0.15) is 24.8 Å². The van der Waals surface area contributed by atoms with Crippen molar-refractivity contribution in [2.24, 2.45) is 0 Å². The molecule has 4 heteroatoms. The molecule has 2 rings (SSSR count). The summed E-state index contributed by atoms with van der Waals surface area (Å²) >= 11 is 1.45. The van der Waals surface area contributed by atoms with Gasteiger partial charge in [-0.3, -0.25) is 4.79 Å². The molecule has 1 aromatic rings. The van der Waals surface area contributed by atoms with E-state index in [0.717, 1.165) is 16.9 Å². The second-order valence-corrected chi connectivity index (χ2v) is 4.98. The maximum absolute atomic E-state index is 11.3. The normalized spacial score (nSPS) is 17.8. The van der Waals surface area contributed by atoms with Crippen molar-refractivity contribution in [2.75, 3.05) is 6.26 Å². The second-order valence-electron chi connectivity index (χ2n) is 4.13. The molecule has 2 N–H and O–H groups in total. The minimum atomic E-state index is -0.782. The largest absolute Gasteiger partial charge is 0.507 e. The maximum atomic E-state index is 11.3. The molecule has 3 nitrogen and oxygen atoms in total. The SMILES string of the molecule is CSc1ccc(C2(C(=O)O)CCC2)cc1O. The van der Waals surface area contributed by atoms with E-state index < -0.39 is 11.4 Å². The Hall–Kier alpha value is -1.16. The molecule has 0 bridgehead atoms. The minimum absolute atomic E-state index is 0.178. The van der Waals surface area contributed by atoms with Gasteiger partial charge in [-0.15, -0.1) is 11.8 Å². The molecule has 1 aliphatic carbocycles. The van der Waals surface area contributed by atoms with Crippen LogP contribution < -0.4 is 0 Å². The van der Waals surface area contributed by atoms with E-state index in [1.54, 1.807) is 12.1 Å². The monoisotopic (exact) mass is 238 g/mol. The number of carbonyl (C=O) groups is 1. The van der Waals surface area contributed by atoms with E-state index in [1.165, 1.54) is 11.8 Å². The third kappa shape index (κ3) is 1.57. The highest BCUT2D eigenvalue weighted by Crippen LogP contribution is 2.45. The van der Waals surface area contributed by atoms with Crippen LogP contribution in [-0.4, -0.2) is 22.4 Å². The molecule has 0 radical (unpaired) electrons. The molecule has 1 aromatic carbocycles. The van der Waals surface area contributed by atoms with Crippen molar-refractivity contribution < 1.29 is 15.0 Å². The number of rotatable bonds is 3. The van der Waals surface area contributed by atoms with Crippen molar-refractivity contribution in [3.63, 3.8) is 0 Å². The van der Waals surface area contributed by atoms with Crippen LogP contribution in [0.5, 0.6) is 5.75 Å². The fraction of sp³-hybridized carbons (Fsp3) is 0.417. The Bertz CT molecular complexity index is 424. The first-order valence-electron chi connectivity index (χ1n) is 5.21.